The summed E-state index contributed by atoms with van der Waals surface area (Å²) >= 11 is 0. The van der Waals surface area contributed by atoms with Crippen molar-refractivity contribution in [1.29, 1.82) is 0 Å². The van der Waals surface area contributed by atoms with Gasteiger partial charge in [0.1, 0.15) is 28.8 Å². The third-order valence-electron chi connectivity index (χ3n) is 5.08. The number of phenolic OH excluding ortho intramolecular Hbond substituents is 1. The fourth-order valence-corrected chi connectivity index (χ4v) is 4.82. The number of hydrogen-bond acceptors (Lipinski definition) is 3. The van der Waals surface area contributed by atoms with Crippen LogP contribution in [0.25, 0.3) is 0 Å². The lowest BCUT2D eigenvalue weighted by Gasteiger charge is -2.31. The number of phenols is 1. The summed E-state index contributed by atoms with van der Waals surface area (Å²) in [5.74, 6) is -1.50. The van der Waals surface area contributed by atoms with Crippen LogP contribution in [-0.4, -0.2) is 44.0 Å². The third kappa shape index (κ3) is 4.12. The maximum Gasteiger partial charge on any atom is 0.246 e. The maximum absolute atomic E-state index is 13.9. The largest absolute Gasteiger partial charge is 0.507 e. The highest BCUT2D eigenvalue weighted by molar-refractivity contribution is 7.89. The Morgan fingerprint density at radius 3 is 2.37 bits per heavy atom. The summed E-state index contributed by atoms with van der Waals surface area (Å²) in [5.41, 5.74) is 2.92. The predicted molar refractivity (Wildman–Crippen MR) is 97.1 cm³/mol. The van der Waals surface area contributed by atoms with E-state index < -0.39 is 26.6 Å². The van der Waals surface area contributed by atoms with Crippen LogP contribution in [0.5, 0.6) is 5.75 Å². The summed E-state index contributed by atoms with van der Waals surface area (Å²) in [6.07, 6.45) is 0. The molecule has 1 heterocycles. The highest BCUT2D eigenvalue weighted by Gasteiger charge is 2.32. The van der Waals surface area contributed by atoms with Crippen LogP contribution in [0.4, 0.5) is 8.78 Å². The molecule has 1 aliphatic heterocycles. The van der Waals surface area contributed by atoms with Crippen molar-refractivity contribution in [1.82, 2.24) is 4.31 Å². The fourth-order valence-electron chi connectivity index (χ4n) is 3.31. The molecule has 1 fully saturated rings. The molecule has 0 spiro atoms. The predicted octanol–water partition coefficient (Wildman–Crippen LogP) is 1.38. The lowest BCUT2D eigenvalue weighted by atomic mass is 10.0. The summed E-state index contributed by atoms with van der Waals surface area (Å²) in [5, 5.41) is 10.1. The molecule has 5 nitrogen and oxygen atoms in total. The first-order chi connectivity index (χ1) is 12.7. The van der Waals surface area contributed by atoms with E-state index >= 15 is 0 Å². The zero-order chi connectivity index (χ0) is 19.8. The van der Waals surface area contributed by atoms with Gasteiger partial charge in [-0.25, -0.2) is 17.2 Å². The second-order valence-electron chi connectivity index (χ2n) is 6.97. The van der Waals surface area contributed by atoms with E-state index in [4.69, 9.17) is 0 Å². The summed E-state index contributed by atoms with van der Waals surface area (Å²) in [7, 11) is -4.08. The van der Waals surface area contributed by atoms with Crippen LogP contribution in [0, 0.1) is 25.5 Å². The van der Waals surface area contributed by atoms with Crippen LogP contribution in [0.2, 0.25) is 0 Å². The van der Waals surface area contributed by atoms with Gasteiger partial charge in [0, 0.05) is 5.56 Å². The highest BCUT2D eigenvalue weighted by atomic mass is 32.2. The molecule has 0 saturated carbocycles. The topological polar surface area (TPSA) is 62.1 Å². The molecule has 1 aliphatic rings. The third-order valence-corrected chi connectivity index (χ3v) is 6.99. The van der Waals surface area contributed by atoms with Crippen molar-refractivity contribution < 1.29 is 27.2 Å². The van der Waals surface area contributed by atoms with Gasteiger partial charge in [-0.15, -0.1) is 0 Å². The number of benzene rings is 2. The monoisotopic (exact) mass is 397 g/mol. The average Bonchev–Trinajstić information content (AvgIpc) is 2.62. The van der Waals surface area contributed by atoms with E-state index in [1.807, 2.05) is 19.9 Å². The summed E-state index contributed by atoms with van der Waals surface area (Å²) in [6, 6.07) is 6.12. The quantitative estimate of drug-likeness (QED) is 0.820. The van der Waals surface area contributed by atoms with Gasteiger partial charge in [0.05, 0.1) is 26.2 Å². The van der Waals surface area contributed by atoms with Gasteiger partial charge in [0.2, 0.25) is 10.0 Å². The normalized spacial score (nSPS) is 16.6. The minimum Gasteiger partial charge on any atom is -0.507 e. The second kappa shape index (κ2) is 7.53. The number of nitrogens with one attached hydrogen (secondary N) is 1. The Hall–Kier alpha value is -2.03. The van der Waals surface area contributed by atoms with Crippen LogP contribution >= 0.6 is 0 Å². The van der Waals surface area contributed by atoms with Crippen LogP contribution in [0.1, 0.15) is 16.7 Å². The molecule has 0 radical (unpaired) electrons. The Balaban J connectivity index is 1.70. The van der Waals surface area contributed by atoms with Gasteiger partial charge in [0.15, 0.2) is 0 Å². The average molecular weight is 397 g/mol. The standard InChI is InChI=1S/C19H22F2N2O3S/c1-13-9-15(18(24)10-14(13)2)12-22-5-7-23(8-6-22)27(25,26)19-11-16(20)3-4-17(19)21/h3-4,9-11,24H,5-8,12H2,1-2H3/p+1. The van der Waals surface area contributed by atoms with Crippen molar-refractivity contribution >= 4 is 10.0 Å². The minimum atomic E-state index is -4.08. The number of sulfonamides is 1. The minimum absolute atomic E-state index is 0.208. The summed E-state index contributed by atoms with van der Waals surface area (Å²) < 4.78 is 53.7. The Morgan fingerprint density at radius 1 is 1.07 bits per heavy atom. The number of aryl methyl sites for hydroxylation is 2. The molecule has 146 valence electrons. The van der Waals surface area contributed by atoms with Gasteiger partial charge in [-0.1, -0.05) is 0 Å². The van der Waals surface area contributed by atoms with Crippen molar-refractivity contribution in [2.45, 2.75) is 25.3 Å². The molecule has 2 N–H and O–H groups in total. The smallest absolute Gasteiger partial charge is 0.246 e. The first kappa shape index (κ1) is 19.7. The molecule has 0 aliphatic carbocycles. The van der Waals surface area contributed by atoms with Gasteiger partial charge in [0.25, 0.3) is 0 Å². The molecule has 0 bridgehead atoms. The maximum atomic E-state index is 13.9. The Bertz CT molecular complexity index is 956. The van der Waals surface area contributed by atoms with E-state index in [0.717, 1.165) is 39.8 Å². The zero-order valence-corrected chi connectivity index (χ0v) is 16.1. The second-order valence-corrected chi connectivity index (χ2v) is 8.88. The highest BCUT2D eigenvalue weighted by Crippen LogP contribution is 2.22. The van der Waals surface area contributed by atoms with Crippen LogP contribution in [-0.2, 0) is 16.6 Å². The molecule has 1 saturated heterocycles. The van der Waals surface area contributed by atoms with E-state index in [-0.39, 0.29) is 18.8 Å². The molecule has 0 atom stereocenters. The van der Waals surface area contributed by atoms with Crippen LogP contribution < -0.4 is 4.90 Å². The first-order valence-electron chi connectivity index (χ1n) is 8.76. The summed E-state index contributed by atoms with van der Waals surface area (Å²) in [4.78, 5) is 0.498. The van der Waals surface area contributed by atoms with E-state index in [2.05, 4.69) is 0 Å². The lowest BCUT2D eigenvalue weighted by molar-refractivity contribution is -0.917. The van der Waals surface area contributed by atoms with Gasteiger partial charge in [-0.2, -0.15) is 4.31 Å². The number of nitrogens with zero attached hydrogens (tertiary/aromatic N) is 1. The Kier molecular flexibility index (Phi) is 5.50. The van der Waals surface area contributed by atoms with Gasteiger partial charge in [-0.05, 0) is 55.3 Å². The molecule has 2 aromatic rings. The van der Waals surface area contributed by atoms with Crippen LogP contribution in [0.3, 0.4) is 0 Å². The SMILES string of the molecule is Cc1cc(O)c(C[NH+]2CCN(S(=O)(=O)c3cc(F)ccc3F)CC2)cc1C. The van der Waals surface area contributed by atoms with Gasteiger partial charge < -0.3 is 10.0 Å². The molecule has 27 heavy (non-hydrogen) atoms. The molecular formula is C19H23F2N2O3S+. The van der Waals surface area contributed by atoms with Crippen molar-refractivity contribution in [2.75, 3.05) is 26.2 Å². The van der Waals surface area contributed by atoms with E-state index in [9.17, 15) is 22.3 Å². The van der Waals surface area contributed by atoms with Gasteiger partial charge >= 0.3 is 0 Å². The van der Waals surface area contributed by atoms with E-state index in [1.54, 1.807) is 6.07 Å². The van der Waals surface area contributed by atoms with Crippen LogP contribution in [0.15, 0.2) is 35.2 Å². The zero-order valence-electron chi connectivity index (χ0n) is 15.3. The number of halogens is 2. The molecular weight excluding hydrogens is 374 g/mol. The molecule has 8 heteroatoms. The van der Waals surface area contributed by atoms with Crippen molar-refractivity contribution in [3.63, 3.8) is 0 Å². The van der Waals surface area contributed by atoms with E-state index in [1.165, 1.54) is 4.31 Å². The molecule has 0 amide bonds. The first-order valence-corrected chi connectivity index (χ1v) is 10.2. The lowest BCUT2D eigenvalue weighted by Crippen LogP contribution is -3.13. The number of hydrogen-bond donors (Lipinski definition) is 2. The molecule has 2 aromatic carbocycles. The van der Waals surface area contributed by atoms with Crippen molar-refractivity contribution in [2.24, 2.45) is 0 Å². The van der Waals surface area contributed by atoms with E-state index in [0.29, 0.717) is 19.6 Å². The van der Waals surface area contributed by atoms with Crippen molar-refractivity contribution in [3.8, 4) is 5.75 Å². The van der Waals surface area contributed by atoms with Gasteiger partial charge in [-0.3, -0.25) is 0 Å². The Labute approximate surface area is 157 Å². The molecule has 3 rings (SSSR count). The number of piperazine rings is 1. The Morgan fingerprint density at radius 2 is 1.70 bits per heavy atom. The number of aromatic hydroxyl groups is 1. The number of quaternary nitrogens is 1. The summed E-state index contributed by atoms with van der Waals surface area (Å²) in [6.45, 7) is 5.94. The molecule has 0 aromatic heterocycles. The van der Waals surface area contributed by atoms with Crippen molar-refractivity contribution in [3.05, 3.63) is 58.7 Å². The molecule has 0 unspecified atom stereocenters. The fraction of sp³-hybridized carbons (Fsp3) is 0.368. The number of rotatable bonds is 4.